The Hall–Kier alpha value is -1.46. The first-order valence-electron chi connectivity index (χ1n) is 5.08. The fourth-order valence-electron chi connectivity index (χ4n) is 2.21. The van der Waals surface area contributed by atoms with E-state index < -0.39 is 5.60 Å². The highest BCUT2D eigenvalue weighted by Gasteiger charge is 2.33. The monoisotopic (exact) mass is 202 g/mol. The lowest BCUT2D eigenvalue weighted by atomic mass is 9.79. The summed E-state index contributed by atoms with van der Waals surface area (Å²) in [4.78, 5) is 0. The number of hydrogen-bond acceptors (Lipinski definition) is 2. The molecule has 0 amide bonds. The maximum Gasteiger partial charge on any atom is 0.151 e. The van der Waals surface area contributed by atoms with Crippen LogP contribution < -0.4 is 4.74 Å². The highest BCUT2D eigenvalue weighted by atomic mass is 16.5. The number of ether oxygens (including phenoxy) is 1. The van der Waals surface area contributed by atoms with Gasteiger partial charge < -0.3 is 9.84 Å². The molecule has 2 rings (SSSR count). The summed E-state index contributed by atoms with van der Waals surface area (Å²) in [5.74, 6) is 3.31. The van der Waals surface area contributed by atoms with E-state index >= 15 is 0 Å². The molecule has 1 aliphatic carbocycles. The van der Waals surface area contributed by atoms with Crippen molar-refractivity contribution in [2.45, 2.75) is 24.9 Å². The van der Waals surface area contributed by atoms with Crippen molar-refractivity contribution in [3.63, 3.8) is 0 Å². The average Bonchev–Trinajstić information content (AvgIpc) is 2.29. The first-order valence-corrected chi connectivity index (χ1v) is 5.08. The molecular weight excluding hydrogens is 188 g/mol. The highest BCUT2D eigenvalue weighted by molar-refractivity contribution is 5.47. The van der Waals surface area contributed by atoms with Crippen molar-refractivity contribution in [3.8, 4) is 18.1 Å². The Bertz CT molecular complexity index is 417. The van der Waals surface area contributed by atoms with Crippen LogP contribution in [0.25, 0.3) is 0 Å². The van der Waals surface area contributed by atoms with Crippen LogP contribution in [0.15, 0.2) is 18.2 Å². The summed E-state index contributed by atoms with van der Waals surface area (Å²) >= 11 is 0. The quantitative estimate of drug-likeness (QED) is 0.704. The Morgan fingerprint density at radius 3 is 3.00 bits per heavy atom. The van der Waals surface area contributed by atoms with Crippen molar-refractivity contribution in [2.75, 3.05) is 7.11 Å². The summed E-state index contributed by atoms with van der Waals surface area (Å²) < 4.78 is 5.27. The van der Waals surface area contributed by atoms with E-state index in [-0.39, 0.29) is 0 Å². The molecule has 0 saturated carbocycles. The minimum atomic E-state index is -1.11. The summed E-state index contributed by atoms with van der Waals surface area (Å²) in [6.07, 6.45) is 7.85. The van der Waals surface area contributed by atoms with Crippen LogP contribution in [-0.4, -0.2) is 12.2 Å². The van der Waals surface area contributed by atoms with Crippen LogP contribution in [0.1, 0.15) is 24.0 Å². The van der Waals surface area contributed by atoms with E-state index in [0.717, 1.165) is 29.7 Å². The second-order valence-corrected chi connectivity index (χ2v) is 3.84. The van der Waals surface area contributed by atoms with E-state index in [0.29, 0.717) is 6.42 Å². The predicted molar refractivity (Wildman–Crippen MR) is 58.7 cm³/mol. The van der Waals surface area contributed by atoms with Gasteiger partial charge in [0.05, 0.1) is 7.11 Å². The molecule has 1 aliphatic rings. The minimum Gasteiger partial charge on any atom is -0.496 e. The van der Waals surface area contributed by atoms with Gasteiger partial charge in [0, 0.05) is 11.1 Å². The van der Waals surface area contributed by atoms with Gasteiger partial charge in [0.1, 0.15) is 5.75 Å². The van der Waals surface area contributed by atoms with Crippen LogP contribution >= 0.6 is 0 Å². The second kappa shape index (κ2) is 3.60. The molecule has 0 saturated heterocycles. The van der Waals surface area contributed by atoms with Gasteiger partial charge >= 0.3 is 0 Å². The lowest BCUT2D eigenvalue weighted by molar-refractivity contribution is 0.0800. The SMILES string of the molecule is C#CC1(O)CCCc2c(OC)cccc21. The first kappa shape index (κ1) is 10.1. The van der Waals surface area contributed by atoms with Gasteiger partial charge in [-0.2, -0.15) is 0 Å². The molecule has 0 heterocycles. The van der Waals surface area contributed by atoms with Gasteiger partial charge in [-0.3, -0.25) is 0 Å². The number of fused-ring (bicyclic) bond motifs is 1. The summed E-state index contributed by atoms with van der Waals surface area (Å²) in [5.41, 5.74) is 0.768. The summed E-state index contributed by atoms with van der Waals surface area (Å²) in [5, 5.41) is 10.3. The number of hydrogen-bond donors (Lipinski definition) is 1. The van der Waals surface area contributed by atoms with E-state index in [9.17, 15) is 5.11 Å². The van der Waals surface area contributed by atoms with Gasteiger partial charge in [0.2, 0.25) is 0 Å². The fraction of sp³-hybridized carbons (Fsp3) is 0.385. The van der Waals surface area contributed by atoms with E-state index in [1.165, 1.54) is 0 Å². The Morgan fingerprint density at radius 1 is 1.53 bits per heavy atom. The molecule has 1 unspecified atom stereocenters. The van der Waals surface area contributed by atoms with Crippen LogP contribution in [0.4, 0.5) is 0 Å². The third-order valence-corrected chi connectivity index (χ3v) is 3.00. The van der Waals surface area contributed by atoms with E-state index in [4.69, 9.17) is 11.2 Å². The largest absolute Gasteiger partial charge is 0.496 e. The number of terminal acetylenes is 1. The van der Waals surface area contributed by atoms with Crippen molar-refractivity contribution in [1.82, 2.24) is 0 Å². The highest BCUT2D eigenvalue weighted by Crippen LogP contribution is 2.38. The number of methoxy groups -OCH3 is 1. The van der Waals surface area contributed by atoms with Crippen LogP contribution in [0, 0.1) is 12.3 Å². The Kier molecular flexibility index (Phi) is 2.42. The first-order chi connectivity index (χ1) is 7.21. The molecule has 0 spiro atoms. The smallest absolute Gasteiger partial charge is 0.151 e. The van der Waals surface area contributed by atoms with Crippen molar-refractivity contribution in [1.29, 1.82) is 0 Å². The van der Waals surface area contributed by atoms with Crippen molar-refractivity contribution in [3.05, 3.63) is 29.3 Å². The minimum absolute atomic E-state index is 0.629. The molecule has 1 N–H and O–H groups in total. The Labute approximate surface area is 89.9 Å². The van der Waals surface area contributed by atoms with E-state index in [2.05, 4.69) is 5.92 Å². The molecule has 0 aromatic heterocycles. The Morgan fingerprint density at radius 2 is 2.33 bits per heavy atom. The van der Waals surface area contributed by atoms with Gasteiger partial charge in [-0.05, 0) is 25.3 Å². The number of aliphatic hydroxyl groups is 1. The number of benzene rings is 1. The van der Waals surface area contributed by atoms with Crippen molar-refractivity contribution >= 4 is 0 Å². The van der Waals surface area contributed by atoms with Crippen LogP contribution in [0.5, 0.6) is 5.75 Å². The zero-order valence-electron chi connectivity index (χ0n) is 8.79. The van der Waals surface area contributed by atoms with Crippen LogP contribution in [-0.2, 0) is 12.0 Å². The average molecular weight is 202 g/mol. The van der Waals surface area contributed by atoms with Gasteiger partial charge in [0.15, 0.2) is 5.60 Å². The number of rotatable bonds is 1. The molecule has 15 heavy (non-hydrogen) atoms. The van der Waals surface area contributed by atoms with Crippen LogP contribution in [0.2, 0.25) is 0 Å². The molecule has 78 valence electrons. The lowest BCUT2D eigenvalue weighted by Gasteiger charge is -2.30. The predicted octanol–water partition coefficient (Wildman–Crippen LogP) is 1.85. The normalized spacial score (nSPS) is 24.1. The van der Waals surface area contributed by atoms with Gasteiger partial charge in [-0.25, -0.2) is 0 Å². The molecule has 0 aliphatic heterocycles. The van der Waals surface area contributed by atoms with Crippen molar-refractivity contribution < 1.29 is 9.84 Å². The van der Waals surface area contributed by atoms with Gasteiger partial charge in [-0.1, -0.05) is 18.1 Å². The third kappa shape index (κ3) is 1.49. The maximum absolute atomic E-state index is 10.3. The second-order valence-electron chi connectivity index (χ2n) is 3.84. The van der Waals surface area contributed by atoms with Crippen molar-refractivity contribution in [2.24, 2.45) is 0 Å². The standard InChI is InChI=1S/C13H14O2/c1-3-13(14)9-5-6-10-11(13)7-4-8-12(10)15-2/h1,4,7-8,14H,5-6,9H2,2H3. The molecule has 1 aromatic rings. The zero-order chi connectivity index (χ0) is 10.9. The Balaban J connectivity index is 2.60. The third-order valence-electron chi connectivity index (χ3n) is 3.00. The lowest BCUT2D eigenvalue weighted by Crippen LogP contribution is -2.28. The van der Waals surface area contributed by atoms with E-state index in [1.54, 1.807) is 7.11 Å². The van der Waals surface area contributed by atoms with E-state index in [1.807, 2.05) is 18.2 Å². The summed E-state index contributed by atoms with van der Waals surface area (Å²) in [6.45, 7) is 0. The van der Waals surface area contributed by atoms with Gasteiger partial charge in [-0.15, -0.1) is 6.42 Å². The molecule has 1 aromatic carbocycles. The maximum atomic E-state index is 10.3. The topological polar surface area (TPSA) is 29.5 Å². The fourth-order valence-corrected chi connectivity index (χ4v) is 2.21. The molecule has 2 heteroatoms. The molecular formula is C13H14O2. The molecule has 2 nitrogen and oxygen atoms in total. The molecule has 1 atom stereocenters. The summed E-state index contributed by atoms with van der Waals surface area (Å²) in [7, 11) is 1.64. The zero-order valence-corrected chi connectivity index (χ0v) is 8.79. The molecule has 0 radical (unpaired) electrons. The summed E-state index contributed by atoms with van der Waals surface area (Å²) in [6, 6.07) is 5.66. The molecule has 0 fully saturated rings. The van der Waals surface area contributed by atoms with Crippen LogP contribution in [0.3, 0.4) is 0 Å². The molecule has 0 bridgehead atoms. The van der Waals surface area contributed by atoms with Gasteiger partial charge in [0.25, 0.3) is 0 Å².